The highest BCUT2D eigenvalue weighted by Gasteiger charge is 2.28. The van der Waals surface area contributed by atoms with Crippen molar-refractivity contribution in [1.82, 2.24) is 9.71 Å². The van der Waals surface area contributed by atoms with Crippen molar-refractivity contribution < 1.29 is 8.42 Å². The van der Waals surface area contributed by atoms with Gasteiger partial charge < -0.3 is 0 Å². The first kappa shape index (κ1) is 13.8. The minimum atomic E-state index is -3.56. The van der Waals surface area contributed by atoms with E-state index in [-0.39, 0.29) is 16.1 Å². The van der Waals surface area contributed by atoms with Crippen molar-refractivity contribution in [3.8, 4) is 0 Å². The van der Waals surface area contributed by atoms with Crippen LogP contribution in [-0.2, 0) is 10.0 Å². The first-order valence-electron chi connectivity index (χ1n) is 6.15. The molecule has 100 valence electrons. The highest BCUT2D eigenvalue weighted by molar-refractivity contribution is 7.89. The molecule has 1 aromatic rings. The molecule has 6 heteroatoms. The highest BCUT2D eigenvalue weighted by Crippen LogP contribution is 2.34. The second-order valence-electron chi connectivity index (χ2n) is 4.70. The van der Waals surface area contributed by atoms with Crippen molar-refractivity contribution in [3.63, 3.8) is 0 Å². The standard InChI is InChI=1S/C12H17ClN2O2S/c1-2-10(8-9-5-6-9)15-18(16,17)11-4-3-7-14-12(11)13/h3-4,7,9-10,15H,2,5-6,8H2,1H3. The van der Waals surface area contributed by atoms with E-state index in [0.29, 0.717) is 5.92 Å². The van der Waals surface area contributed by atoms with Gasteiger partial charge in [-0.1, -0.05) is 31.4 Å². The summed E-state index contributed by atoms with van der Waals surface area (Å²) in [6.07, 6.45) is 5.60. The van der Waals surface area contributed by atoms with E-state index in [0.717, 1.165) is 12.8 Å². The molecule has 1 fully saturated rings. The lowest BCUT2D eigenvalue weighted by Gasteiger charge is -2.17. The molecule has 0 spiro atoms. The predicted molar refractivity (Wildman–Crippen MR) is 71.0 cm³/mol. The van der Waals surface area contributed by atoms with Gasteiger partial charge in [0.25, 0.3) is 0 Å². The van der Waals surface area contributed by atoms with Crippen LogP contribution >= 0.6 is 11.6 Å². The number of nitrogens with zero attached hydrogens (tertiary/aromatic N) is 1. The molecule has 1 saturated carbocycles. The molecule has 1 aliphatic carbocycles. The summed E-state index contributed by atoms with van der Waals surface area (Å²) < 4.78 is 27.1. The number of pyridine rings is 1. The molecule has 1 unspecified atom stereocenters. The highest BCUT2D eigenvalue weighted by atomic mass is 35.5. The summed E-state index contributed by atoms with van der Waals surface area (Å²) in [7, 11) is -3.56. The lowest BCUT2D eigenvalue weighted by atomic mass is 10.1. The van der Waals surface area contributed by atoms with Crippen LogP contribution in [0.5, 0.6) is 0 Å². The van der Waals surface area contributed by atoms with Crippen molar-refractivity contribution in [3.05, 3.63) is 23.5 Å². The second kappa shape index (κ2) is 5.55. The molecule has 1 aliphatic rings. The third kappa shape index (κ3) is 3.43. The third-order valence-corrected chi connectivity index (χ3v) is 5.11. The molecule has 4 nitrogen and oxygen atoms in total. The third-order valence-electron chi connectivity index (χ3n) is 3.14. The number of nitrogens with one attached hydrogen (secondary N) is 1. The maximum absolute atomic E-state index is 12.2. The number of hydrogen-bond acceptors (Lipinski definition) is 3. The summed E-state index contributed by atoms with van der Waals surface area (Å²) in [5.74, 6) is 0.682. The number of aromatic nitrogens is 1. The van der Waals surface area contributed by atoms with Crippen molar-refractivity contribution >= 4 is 21.6 Å². The van der Waals surface area contributed by atoms with Crippen molar-refractivity contribution in [2.24, 2.45) is 5.92 Å². The van der Waals surface area contributed by atoms with Crippen LogP contribution in [0.4, 0.5) is 0 Å². The zero-order chi connectivity index (χ0) is 13.2. The maximum atomic E-state index is 12.2. The fraction of sp³-hybridized carbons (Fsp3) is 0.583. The summed E-state index contributed by atoms with van der Waals surface area (Å²) >= 11 is 5.82. The van der Waals surface area contributed by atoms with E-state index in [4.69, 9.17) is 11.6 Å². The van der Waals surface area contributed by atoms with Crippen LogP contribution in [-0.4, -0.2) is 19.4 Å². The summed E-state index contributed by atoms with van der Waals surface area (Å²) in [6.45, 7) is 1.99. The van der Waals surface area contributed by atoms with Crippen molar-refractivity contribution in [1.29, 1.82) is 0 Å². The van der Waals surface area contributed by atoms with Gasteiger partial charge in [-0.15, -0.1) is 0 Å². The maximum Gasteiger partial charge on any atom is 0.243 e. The normalized spacial score (nSPS) is 17.7. The van der Waals surface area contributed by atoms with E-state index >= 15 is 0 Å². The Morgan fingerprint density at radius 1 is 1.56 bits per heavy atom. The first-order valence-corrected chi connectivity index (χ1v) is 8.02. The van der Waals surface area contributed by atoms with Crippen LogP contribution in [0.15, 0.2) is 23.2 Å². The quantitative estimate of drug-likeness (QED) is 0.819. The van der Waals surface area contributed by atoms with E-state index in [1.54, 1.807) is 6.07 Å². The number of rotatable bonds is 6. The van der Waals surface area contributed by atoms with Crippen LogP contribution in [0, 0.1) is 5.92 Å². The SMILES string of the molecule is CCC(CC1CC1)NS(=O)(=O)c1cccnc1Cl. The monoisotopic (exact) mass is 288 g/mol. The Hall–Kier alpha value is -0.650. The minimum absolute atomic E-state index is 0.0150. The Morgan fingerprint density at radius 2 is 2.28 bits per heavy atom. The van der Waals surface area contributed by atoms with Gasteiger partial charge in [-0.2, -0.15) is 0 Å². The molecule has 1 atom stereocenters. The molecular formula is C12H17ClN2O2S. The van der Waals surface area contributed by atoms with Gasteiger partial charge in [0, 0.05) is 12.2 Å². The summed E-state index contributed by atoms with van der Waals surface area (Å²) in [5.41, 5.74) is 0. The summed E-state index contributed by atoms with van der Waals surface area (Å²) in [6, 6.07) is 3.03. The Labute approximate surface area is 113 Å². The van der Waals surface area contributed by atoms with Crippen LogP contribution in [0.25, 0.3) is 0 Å². The fourth-order valence-corrected chi connectivity index (χ4v) is 3.69. The molecule has 0 aliphatic heterocycles. The molecule has 18 heavy (non-hydrogen) atoms. The van der Waals surface area contributed by atoms with E-state index in [2.05, 4.69) is 9.71 Å². The average molecular weight is 289 g/mol. The minimum Gasteiger partial charge on any atom is -0.243 e. The van der Waals surface area contributed by atoms with E-state index < -0.39 is 10.0 Å². The van der Waals surface area contributed by atoms with Gasteiger partial charge in [-0.25, -0.2) is 18.1 Å². The fourth-order valence-electron chi connectivity index (χ4n) is 1.91. The molecule has 0 saturated heterocycles. The molecule has 0 bridgehead atoms. The van der Waals surface area contributed by atoms with Gasteiger partial charge in [-0.3, -0.25) is 0 Å². The van der Waals surface area contributed by atoms with E-state index in [1.807, 2.05) is 6.92 Å². The van der Waals surface area contributed by atoms with Gasteiger partial charge in [0.15, 0.2) is 0 Å². The number of hydrogen-bond donors (Lipinski definition) is 1. The molecule has 2 rings (SSSR count). The average Bonchev–Trinajstić information content (AvgIpc) is 3.12. The number of sulfonamides is 1. The molecule has 1 N–H and O–H groups in total. The zero-order valence-corrected chi connectivity index (χ0v) is 11.8. The van der Waals surface area contributed by atoms with Gasteiger partial charge in [-0.05, 0) is 30.9 Å². The molecule has 1 heterocycles. The first-order chi connectivity index (χ1) is 8.53. The van der Waals surface area contributed by atoms with Gasteiger partial charge >= 0.3 is 0 Å². The Balaban J connectivity index is 2.12. The lowest BCUT2D eigenvalue weighted by molar-refractivity contribution is 0.495. The van der Waals surface area contributed by atoms with E-state index in [1.165, 1.54) is 25.1 Å². The topological polar surface area (TPSA) is 59.1 Å². The Bertz CT molecular complexity index is 515. The lowest BCUT2D eigenvalue weighted by Crippen LogP contribution is -2.35. The van der Waals surface area contributed by atoms with Crippen LogP contribution in [0.3, 0.4) is 0 Å². The van der Waals surface area contributed by atoms with Gasteiger partial charge in [0.05, 0.1) is 0 Å². The van der Waals surface area contributed by atoms with Crippen molar-refractivity contribution in [2.75, 3.05) is 0 Å². The summed E-state index contributed by atoms with van der Waals surface area (Å²) in [5, 5.41) is 0.0197. The molecule has 1 aromatic heterocycles. The van der Waals surface area contributed by atoms with Crippen molar-refractivity contribution in [2.45, 2.75) is 43.5 Å². The molecule has 0 amide bonds. The van der Waals surface area contributed by atoms with Crippen LogP contribution in [0.1, 0.15) is 32.6 Å². The van der Waals surface area contributed by atoms with Crippen LogP contribution < -0.4 is 4.72 Å². The van der Waals surface area contributed by atoms with Crippen LogP contribution in [0.2, 0.25) is 5.15 Å². The second-order valence-corrected chi connectivity index (χ2v) is 6.74. The zero-order valence-electron chi connectivity index (χ0n) is 10.3. The Kier molecular flexibility index (Phi) is 4.25. The smallest absolute Gasteiger partial charge is 0.243 e. The number of halogens is 1. The van der Waals surface area contributed by atoms with Gasteiger partial charge in [0.1, 0.15) is 10.0 Å². The molecule has 0 aromatic carbocycles. The van der Waals surface area contributed by atoms with Gasteiger partial charge in [0.2, 0.25) is 10.0 Å². The molecular weight excluding hydrogens is 272 g/mol. The Morgan fingerprint density at radius 3 is 2.83 bits per heavy atom. The molecule has 0 radical (unpaired) electrons. The summed E-state index contributed by atoms with van der Waals surface area (Å²) in [4.78, 5) is 3.85. The van der Waals surface area contributed by atoms with E-state index in [9.17, 15) is 8.42 Å². The largest absolute Gasteiger partial charge is 0.243 e. The predicted octanol–water partition coefficient (Wildman–Crippen LogP) is 2.59.